The number of fused-ring (bicyclic) bond motifs is 5. The molecule has 4 saturated heterocycles. The molecule has 0 bridgehead atoms. The molecule has 4 aliphatic heterocycles. The van der Waals surface area contributed by atoms with Gasteiger partial charge >= 0.3 is 11.9 Å². The van der Waals surface area contributed by atoms with Crippen LogP contribution >= 0.6 is 0 Å². The van der Waals surface area contributed by atoms with E-state index < -0.39 is 164 Å². The number of carbonyl (C=O) groups is 3. The minimum absolute atomic E-state index is 0.0860. The largest absolute Gasteiger partial charge is 0.458 e. The Balaban J connectivity index is 0.876. The average molecular weight is 1060 g/mol. The van der Waals surface area contributed by atoms with Gasteiger partial charge in [-0.1, -0.05) is 13.8 Å². The highest BCUT2D eigenvalue weighted by Crippen LogP contribution is 2.70. The van der Waals surface area contributed by atoms with Gasteiger partial charge in [0.25, 0.3) is 0 Å². The number of aliphatic hydroxyl groups is 6. The molecular weight excluding hydrogens is 977 g/mol. The Morgan fingerprint density at radius 2 is 1.18 bits per heavy atom. The molecule has 0 aromatic heterocycles. The molecule has 0 spiro atoms. The fourth-order valence-corrected chi connectivity index (χ4v) is 15.1. The van der Waals surface area contributed by atoms with Crippen LogP contribution in [0.4, 0.5) is 0 Å². The van der Waals surface area contributed by atoms with E-state index in [4.69, 9.17) is 61.6 Å². The molecule has 0 aromatic carbocycles. The Labute approximate surface area is 433 Å². The quantitative estimate of drug-likeness (QED) is 0.0992. The van der Waals surface area contributed by atoms with Crippen molar-refractivity contribution in [1.82, 2.24) is 0 Å². The topological polar surface area (TPSA) is 293 Å². The summed E-state index contributed by atoms with van der Waals surface area (Å²) in [5, 5.41) is 65.2. The number of methoxy groups -OCH3 is 3. The van der Waals surface area contributed by atoms with Crippen LogP contribution in [0.25, 0.3) is 0 Å². The number of Topliss-reactive ketones (excluding diaryl/α,β-unsaturated/α-hetero) is 1. The first-order valence-electron chi connectivity index (χ1n) is 26.7. The molecule has 0 radical (unpaired) electrons. The number of aliphatic hydroxyl groups excluding tert-OH is 5. The Morgan fingerprint density at radius 1 is 0.595 bits per heavy atom. The zero-order valence-electron chi connectivity index (χ0n) is 44.7. The molecule has 22 nitrogen and oxygen atoms in total. The minimum Gasteiger partial charge on any atom is -0.458 e. The van der Waals surface area contributed by atoms with Crippen molar-refractivity contribution >= 4 is 17.7 Å². The van der Waals surface area contributed by atoms with Gasteiger partial charge in [0.05, 0.1) is 48.8 Å². The molecule has 22 heteroatoms. The van der Waals surface area contributed by atoms with Crippen LogP contribution < -0.4 is 0 Å². The summed E-state index contributed by atoms with van der Waals surface area (Å²) < 4.78 is 80.3. The summed E-state index contributed by atoms with van der Waals surface area (Å²) in [7, 11) is 4.52. The fourth-order valence-electron chi connectivity index (χ4n) is 15.1. The molecule has 28 atom stereocenters. The molecule has 0 amide bonds. The Hall–Kier alpha value is -2.07. The second-order valence-electron chi connectivity index (χ2n) is 22.9. The molecule has 74 heavy (non-hydrogen) atoms. The first kappa shape index (κ1) is 58.1. The molecule has 28 unspecified atom stereocenters. The Bertz CT molecular complexity index is 1940. The Kier molecular flexibility index (Phi) is 18.0. The van der Waals surface area contributed by atoms with Gasteiger partial charge in [-0.25, -0.2) is 0 Å². The first-order valence-corrected chi connectivity index (χ1v) is 26.7. The average Bonchev–Trinajstić information content (AvgIpc) is 3.64. The summed E-state index contributed by atoms with van der Waals surface area (Å²) in [5.41, 5.74) is -2.89. The molecule has 4 aliphatic carbocycles. The van der Waals surface area contributed by atoms with E-state index in [1.54, 1.807) is 21.0 Å². The van der Waals surface area contributed by atoms with Crippen molar-refractivity contribution in [2.75, 3.05) is 27.9 Å². The second kappa shape index (κ2) is 23.0. The summed E-state index contributed by atoms with van der Waals surface area (Å²) in [6, 6.07) is 0. The van der Waals surface area contributed by atoms with Gasteiger partial charge in [0.1, 0.15) is 72.9 Å². The number of ketones is 1. The van der Waals surface area contributed by atoms with E-state index in [0.29, 0.717) is 44.9 Å². The third-order valence-electron chi connectivity index (χ3n) is 18.9. The standard InChI is InChI=1S/C52H84O22/c1-22(54)30-15-17-52(61)31-13-12-28-18-29(14-16-50(28,7)37(31)45(68-26(5)55)47(51(30,52)8)69-27(6)56)70-35-19-32(62-9)42(23(2)65-35)72-36-20-33(63-10)43(24(3)66-36)73-49-41(60)46(64-11)44(25(4)67-49)74-48-40(59)39(58)38(57)34(21-53)71-48/h23-25,28-49,53,57-61H,12-21H2,1-11H3. The lowest BCUT2D eigenvalue weighted by Crippen LogP contribution is -2.73. The molecule has 4 heterocycles. The highest BCUT2D eigenvalue weighted by Gasteiger charge is 2.76. The molecule has 8 rings (SSSR count). The number of hydrogen-bond acceptors (Lipinski definition) is 22. The van der Waals surface area contributed by atoms with Crippen molar-refractivity contribution in [3.8, 4) is 0 Å². The maximum atomic E-state index is 13.2. The summed E-state index contributed by atoms with van der Waals surface area (Å²) >= 11 is 0. The lowest BCUT2D eigenvalue weighted by atomic mass is 9.41. The number of ether oxygens (including phenoxy) is 13. The summed E-state index contributed by atoms with van der Waals surface area (Å²) in [6.07, 6.45) is -15.1. The van der Waals surface area contributed by atoms with E-state index in [2.05, 4.69) is 6.92 Å². The van der Waals surface area contributed by atoms with Crippen LogP contribution in [0.2, 0.25) is 0 Å². The number of esters is 2. The summed E-state index contributed by atoms with van der Waals surface area (Å²) in [4.78, 5) is 38.9. The van der Waals surface area contributed by atoms with E-state index in [1.165, 1.54) is 35.0 Å². The van der Waals surface area contributed by atoms with Gasteiger partial charge in [-0.2, -0.15) is 0 Å². The monoisotopic (exact) mass is 1060 g/mol. The zero-order chi connectivity index (χ0) is 53.9. The van der Waals surface area contributed by atoms with E-state index in [9.17, 15) is 45.0 Å². The maximum absolute atomic E-state index is 13.2. The van der Waals surface area contributed by atoms with Crippen LogP contribution in [0.15, 0.2) is 0 Å². The molecule has 4 saturated carbocycles. The van der Waals surface area contributed by atoms with Gasteiger partial charge < -0.3 is 92.2 Å². The van der Waals surface area contributed by atoms with Gasteiger partial charge in [-0.15, -0.1) is 0 Å². The normalized spacial score (nSPS) is 51.5. The maximum Gasteiger partial charge on any atom is 0.303 e. The third-order valence-corrected chi connectivity index (χ3v) is 18.9. The first-order chi connectivity index (χ1) is 34.9. The van der Waals surface area contributed by atoms with E-state index in [0.717, 1.165) is 6.42 Å². The molecule has 6 N–H and O–H groups in total. The fraction of sp³-hybridized carbons (Fsp3) is 0.942. The van der Waals surface area contributed by atoms with Crippen LogP contribution in [0.1, 0.15) is 113 Å². The van der Waals surface area contributed by atoms with Crippen molar-refractivity contribution < 1.29 is 107 Å². The van der Waals surface area contributed by atoms with Crippen LogP contribution in [0, 0.1) is 34.5 Å². The minimum atomic E-state index is -1.68. The molecule has 424 valence electrons. The second-order valence-corrected chi connectivity index (χ2v) is 22.9. The predicted molar refractivity (Wildman–Crippen MR) is 253 cm³/mol. The van der Waals surface area contributed by atoms with Gasteiger partial charge in [0.2, 0.25) is 0 Å². The highest BCUT2D eigenvalue weighted by atomic mass is 16.8. The van der Waals surface area contributed by atoms with Crippen molar-refractivity contribution in [2.24, 2.45) is 34.5 Å². The van der Waals surface area contributed by atoms with Crippen LogP contribution in [-0.4, -0.2) is 211 Å². The summed E-state index contributed by atoms with van der Waals surface area (Å²) in [6.45, 7) is 12.9. The predicted octanol–water partition coefficient (Wildman–Crippen LogP) is 1.19. The van der Waals surface area contributed by atoms with E-state index in [-0.39, 0.29) is 36.1 Å². The number of rotatable bonds is 15. The molecule has 0 aromatic rings. The van der Waals surface area contributed by atoms with E-state index >= 15 is 0 Å². The Morgan fingerprint density at radius 3 is 1.76 bits per heavy atom. The van der Waals surface area contributed by atoms with Crippen LogP contribution in [0.3, 0.4) is 0 Å². The van der Waals surface area contributed by atoms with Crippen LogP contribution in [0.5, 0.6) is 0 Å². The smallest absolute Gasteiger partial charge is 0.303 e. The van der Waals surface area contributed by atoms with Gasteiger partial charge in [0.15, 0.2) is 25.2 Å². The highest BCUT2D eigenvalue weighted by molar-refractivity contribution is 5.80. The van der Waals surface area contributed by atoms with Gasteiger partial charge in [0, 0.05) is 65.3 Å². The van der Waals surface area contributed by atoms with Crippen molar-refractivity contribution in [3.63, 3.8) is 0 Å². The van der Waals surface area contributed by atoms with Gasteiger partial charge in [-0.05, 0) is 89.9 Å². The molecule has 8 fully saturated rings. The lowest BCUT2D eigenvalue weighted by molar-refractivity contribution is -0.373. The summed E-state index contributed by atoms with van der Waals surface area (Å²) in [5.74, 6) is -2.24. The van der Waals surface area contributed by atoms with Crippen molar-refractivity contribution in [2.45, 2.75) is 248 Å². The number of hydrogen-bond donors (Lipinski definition) is 6. The van der Waals surface area contributed by atoms with Crippen molar-refractivity contribution in [1.29, 1.82) is 0 Å². The van der Waals surface area contributed by atoms with E-state index in [1.807, 2.05) is 13.8 Å². The zero-order valence-corrected chi connectivity index (χ0v) is 44.7. The van der Waals surface area contributed by atoms with Gasteiger partial charge in [-0.3, -0.25) is 14.4 Å². The molecule has 8 aliphatic rings. The third kappa shape index (κ3) is 10.5. The number of carbonyl (C=O) groups excluding carboxylic acids is 3. The SMILES string of the molecule is COC1CC(OC2CCC3(C)C(CCC4C3C(OC(C)=O)C(OC(C)=O)C3(C)C(C(C)=O)CCC43O)C2)OC(C)C1OC1CC(OC)C(OC2OC(C)C(OC3OC(CO)C(O)C(O)C3O)C(OC)C2O)C(C)O1. The molecular formula is C52H84O22. The lowest BCUT2D eigenvalue weighted by Gasteiger charge is -2.66. The van der Waals surface area contributed by atoms with Crippen molar-refractivity contribution in [3.05, 3.63) is 0 Å². The van der Waals surface area contributed by atoms with Crippen LogP contribution in [-0.2, 0) is 76.0 Å².